The van der Waals surface area contributed by atoms with Gasteiger partial charge in [-0.05, 0) is 55.8 Å². The van der Waals surface area contributed by atoms with Gasteiger partial charge in [-0.3, -0.25) is 4.79 Å². The highest BCUT2D eigenvalue weighted by Crippen LogP contribution is 2.59. The van der Waals surface area contributed by atoms with Crippen LogP contribution in [-0.4, -0.2) is 46.7 Å². The zero-order chi connectivity index (χ0) is 16.7. The molecule has 24 heavy (non-hydrogen) atoms. The van der Waals surface area contributed by atoms with E-state index >= 15 is 0 Å². The lowest BCUT2D eigenvalue weighted by Crippen LogP contribution is -2.47. The SMILES string of the molecule is COCCCN(C(=O)c1cn(C)cn1)[C@@H]1C[C@H]2C[C@H]1[C@H]1CCC[C@@H]21. The Hall–Kier alpha value is -1.36. The molecule has 3 aliphatic rings. The Bertz CT molecular complexity index is 599. The lowest BCUT2D eigenvalue weighted by Gasteiger charge is -2.39. The predicted molar refractivity (Wildman–Crippen MR) is 91.6 cm³/mol. The van der Waals surface area contributed by atoms with E-state index in [1.54, 1.807) is 13.4 Å². The summed E-state index contributed by atoms with van der Waals surface area (Å²) in [5.41, 5.74) is 0.584. The van der Waals surface area contributed by atoms with Gasteiger partial charge in [0.25, 0.3) is 5.91 Å². The summed E-state index contributed by atoms with van der Waals surface area (Å²) in [6.07, 6.45) is 11.2. The fourth-order valence-electron chi connectivity index (χ4n) is 5.86. The molecule has 0 N–H and O–H groups in total. The monoisotopic (exact) mass is 331 g/mol. The van der Waals surface area contributed by atoms with Gasteiger partial charge in [0.05, 0.1) is 6.33 Å². The second-order valence-corrected chi connectivity index (χ2v) is 7.99. The van der Waals surface area contributed by atoms with Crippen molar-refractivity contribution in [3.05, 3.63) is 18.2 Å². The molecule has 0 spiro atoms. The number of aromatic nitrogens is 2. The molecular weight excluding hydrogens is 302 g/mol. The van der Waals surface area contributed by atoms with Crippen molar-refractivity contribution in [1.29, 1.82) is 0 Å². The molecule has 3 fully saturated rings. The second-order valence-electron chi connectivity index (χ2n) is 7.99. The van der Waals surface area contributed by atoms with Gasteiger partial charge in [0, 0.05) is 39.5 Å². The topological polar surface area (TPSA) is 47.4 Å². The molecular formula is C19H29N3O2. The fourth-order valence-corrected chi connectivity index (χ4v) is 5.86. The van der Waals surface area contributed by atoms with E-state index in [9.17, 15) is 4.79 Å². The first-order chi connectivity index (χ1) is 11.7. The van der Waals surface area contributed by atoms with E-state index in [1.807, 2.05) is 17.8 Å². The molecule has 3 aliphatic carbocycles. The van der Waals surface area contributed by atoms with Crippen molar-refractivity contribution in [2.75, 3.05) is 20.3 Å². The number of carbonyl (C=O) groups excluding carboxylic acids is 1. The van der Waals surface area contributed by atoms with Crippen molar-refractivity contribution < 1.29 is 9.53 Å². The molecule has 5 heteroatoms. The molecule has 1 heterocycles. The Morgan fingerprint density at radius 3 is 2.92 bits per heavy atom. The van der Waals surface area contributed by atoms with Crippen LogP contribution in [0.25, 0.3) is 0 Å². The van der Waals surface area contributed by atoms with Crippen LogP contribution in [0.1, 0.15) is 49.0 Å². The lowest BCUT2D eigenvalue weighted by atomic mass is 9.78. The third-order valence-electron chi connectivity index (χ3n) is 6.73. The van der Waals surface area contributed by atoms with Gasteiger partial charge in [-0.25, -0.2) is 4.98 Å². The van der Waals surface area contributed by atoms with Gasteiger partial charge in [0.1, 0.15) is 5.69 Å². The Morgan fingerprint density at radius 2 is 2.17 bits per heavy atom. The molecule has 0 radical (unpaired) electrons. The minimum absolute atomic E-state index is 0.110. The van der Waals surface area contributed by atoms with E-state index < -0.39 is 0 Å². The maximum Gasteiger partial charge on any atom is 0.274 e. The number of imidazole rings is 1. The first kappa shape index (κ1) is 16.1. The molecule has 1 aromatic rings. The zero-order valence-electron chi connectivity index (χ0n) is 14.9. The molecule has 1 amide bonds. The van der Waals surface area contributed by atoms with E-state index in [0.717, 1.165) is 36.6 Å². The number of ether oxygens (including phenoxy) is 1. The van der Waals surface area contributed by atoms with Crippen LogP contribution in [0, 0.1) is 23.7 Å². The molecule has 0 aliphatic heterocycles. The first-order valence-electron chi connectivity index (χ1n) is 9.47. The van der Waals surface area contributed by atoms with E-state index in [0.29, 0.717) is 18.3 Å². The lowest BCUT2D eigenvalue weighted by molar-refractivity contribution is 0.0488. The smallest absolute Gasteiger partial charge is 0.274 e. The highest BCUT2D eigenvalue weighted by atomic mass is 16.5. The molecule has 2 bridgehead atoms. The molecule has 0 saturated heterocycles. The summed E-state index contributed by atoms with van der Waals surface area (Å²) in [6, 6.07) is 0.417. The summed E-state index contributed by atoms with van der Waals surface area (Å²) >= 11 is 0. The number of methoxy groups -OCH3 is 1. The standard InChI is InChI=1S/C19H29N3O2/c1-21-11-17(20-12-21)19(23)22(7-4-8-24-2)18-10-13-9-16(18)15-6-3-5-14(13)15/h11-16,18H,3-10H2,1-2H3/t13-,14+,15+,16+,18-/m1/s1. The third kappa shape index (κ3) is 2.67. The largest absolute Gasteiger partial charge is 0.385 e. The highest BCUT2D eigenvalue weighted by molar-refractivity contribution is 5.92. The Kier molecular flexibility index (Phi) is 4.37. The Morgan fingerprint density at radius 1 is 1.33 bits per heavy atom. The van der Waals surface area contributed by atoms with Crippen LogP contribution in [0.2, 0.25) is 0 Å². The van der Waals surface area contributed by atoms with Crippen LogP contribution >= 0.6 is 0 Å². The number of aryl methyl sites for hydroxylation is 1. The molecule has 5 atom stereocenters. The number of nitrogens with zero attached hydrogens (tertiary/aromatic N) is 3. The molecule has 132 valence electrons. The van der Waals surface area contributed by atoms with Crippen LogP contribution in [0.5, 0.6) is 0 Å². The molecule has 0 unspecified atom stereocenters. The zero-order valence-corrected chi connectivity index (χ0v) is 14.9. The summed E-state index contributed by atoms with van der Waals surface area (Å²) in [6.45, 7) is 1.49. The normalized spacial score (nSPS) is 33.8. The van der Waals surface area contributed by atoms with Gasteiger partial charge in [-0.1, -0.05) is 6.42 Å². The van der Waals surface area contributed by atoms with Crippen molar-refractivity contribution in [1.82, 2.24) is 14.5 Å². The number of rotatable bonds is 6. The van der Waals surface area contributed by atoms with E-state index in [4.69, 9.17) is 4.74 Å². The molecule has 4 rings (SSSR count). The molecule has 0 aromatic carbocycles. The number of fused-ring (bicyclic) bond motifs is 5. The van der Waals surface area contributed by atoms with Crippen LogP contribution in [-0.2, 0) is 11.8 Å². The maximum absolute atomic E-state index is 13.1. The number of carbonyl (C=O) groups is 1. The van der Waals surface area contributed by atoms with Crippen molar-refractivity contribution in [2.24, 2.45) is 30.7 Å². The van der Waals surface area contributed by atoms with Crippen molar-refractivity contribution in [2.45, 2.75) is 44.6 Å². The van der Waals surface area contributed by atoms with Crippen molar-refractivity contribution in [3.63, 3.8) is 0 Å². The fraction of sp³-hybridized carbons (Fsp3) is 0.789. The molecule has 3 saturated carbocycles. The summed E-state index contributed by atoms with van der Waals surface area (Å²) in [5, 5.41) is 0. The van der Waals surface area contributed by atoms with Gasteiger partial charge in [-0.2, -0.15) is 0 Å². The minimum atomic E-state index is 0.110. The van der Waals surface area contributed by atoms with E-state index in [2.05, 4.69) is 9.88 Å². The van der Waals surface area contributed by atoms with Gasteiger partial charge >= 0.3 is 0 Å². The Labute approximate surface area is 144 Å². The van der Waals surface area contributed by atoms with Crippen LogP contribution in [0.4, 0.5) is 0 Å². The average Bonchev–Trinajstić information content (AvgIpc) is 3.31. The number of hydrogen-bond acceptors (Lipinski definition) is 3. The summed E-state index contributed by atoms with van der Waals surface area (Å²) in [5.74, 6) is 3.51. The minimum Gasteiger partial charge on any atom is -0.385 e. The van der Waals surface area contributed by atoms with Gasteiger partial charge < -0.3 is 14.2 Å². The summed E-state index contributed by atoms with van der Waals surface area (Å²) < 4.78 is 7.07. The quantitative estimate of drug-likeness (QED) is 0.753. The van der Waals surface area contributed by atoms with Crippen LogP contribution in [0.15, 0.2) is 12.5 Å². The average molecular weight is 331 g/mol. The van der Waals surface area contributed by atoms with Crippen molar-refractivity contribution >= 4 is 5.91 Å². The second kappa shape index (κ2) is 6.51. The van der Waals surface area contributed by atoms with Gasteiger partial charge in [0.2, 0.25) is 0 Å². The number of amides is 1. The van der Waals surface area contributed by atoms with E-state index in [-0.39, 0.29) is 5.91 Å². The molecule has 1 aromatic heterocycles. The maximum atomic E-state index is 13.1. The summed E-state index contributed by atoms with van der Waals surface area (Å²) in [4.78, 5) is 19.6. The van der Waals surface area contributed by atoms with E-state index in [1.165, 1.54) is 32.1 Å². The highest BCUT2D eigenvalue weighted by Gasteiger charge is 2.55. The predicted octanol–water partition coefficient (Wildman–Crippen LogP) is 2.72. The van der Waals surface area contributed by atoms with Crippen molar-refractivity contribution in [3.8, 4) is 0 Å². The molecule has 5 nitrogen and oxygen atoms in total. The first-order valence-corrected chi connectivity index (χ1v) is 9.47. The third-order valence-corrected chi connectivity index (χ3v) is 6.73. The van der Waals surface area contributed by atoms with Gasteiger partial charge in [0.15, 0.2) is 0 Å². The van der Waals surface area contributed by atoms with Crippen LogP contribution in [0.3, 0.4) is 0 Å². The van der Waals surface area contributed by atoms with Crippen LogP contribution < -0.4 is 0 Å². The Balaban J connectivity index is 1.53. The van der Waals surface area contributed by atoms with Gasteiger partial charge in [-0.15, -0.1) is 0 Å². The summed E-state index contributed by atoms with van der Waals surface area (Å²) in [7, 11) is 3.64. The number of hydrogen-bond donors (Lipinski definition) is 0.